The Kier molecular flexibility index (Phi) is 7.16. The van der Waals surface area contributed by atoms with E-state index in [0.29, 0.717) is 5.92 Å². The van der Waals surface area contributed by atoms with Gasteiger partial charge in [0.25, 0.3) is 0 Å². The summed E-state index contributed by atoms with van der Waals surface area (Å²) in [7, 11) is 1.72. The van der Waals surface area contributed by atoms with Crippen LogP contribution in [-0.4, -0.2) is 80.9 Å². The van der Waals surface area contributed by atoms with Gasteiger partial charge < -0.3 is 19.7 Å². The second kappa shape index (κ2) is 10.0. The number of nitrogens with zero attached hydrogens (tertiary/aromatic N) is 3. The fraction of sp³-hybridized carbons (Fsp3) is 0.708. The zero-order valence-electron chi connectivity index (χ0n) is 18.7. The topological polar surface area (TPSA) is 49.3 Å². The first-order valence-corrected chi connectivity index (χ1v) is 11.7. The van der Waals surface area contributed by atoms with Crippen LogP contribution in [0.1, 0.15) is 50.5 Å². The molecule has 3 fully saturated rings. The molecule has 0 saturated carbocycles. The van der Waals surface area contributed by atoms with E-state index in [-0.39, 0.29) is 5.54 Å². The van der Waals surface area contributed by atoms with E-state index in [4.69, 9.17) is 14.5 Å². The summed E-state index contributed by atoms with van der Waals surface area (Å²) in [6.07, 6.45) is 6.01. The van der Waals surface area contributed by atoms with Crippen LogP contribution in [0.3, 0.4) is 0 Å². The zero-order valence-corrected chi connectivity index (χ0v) is 18.7. The molecule has 3 aliphatic heterocycles. The second-order valence-electron chi connectivity index (χ2n) is 8.91. The van der Waals surface area contributed by atoms with Crippen LogP contribution >= 0.6 is 0 Å². The minimum Gasteiger partial charge on any atom is -0.497 e. The van der Waals surface area contributed by atoms with E-state index in [1.54, 1.807) is 7.11 Å². The van der Waals surface area contributed by atoms with E-state index in [0.717, 1.165) is 63.9 Å². The molecular formula is C24H38N4O2. The molecule has 0 aromatic heterocycles. The molecule has 30 heavy (non-hydrogen) atoms. The van der Waals surface area contributed by atoms with E-state index in [2.05, 4.69) is 46.3 Å². The van der Waals surface area contributed by atoms with Gasteiger partial charge in [0, 0.05) is 44.3 Å². The van der Waals surface area contributed by atoms with E-state index in [1.165, 1.54) is 37.9 Å². The smallest absolute Gasteiger partial charge is 0.194 e. The highest BCUT2D eigenvalue weighted by Gasteiger charge is 2.40. The maximum Gasteiger partial charge on any atom is 0.194 e. The highest BCUT2D eigenvalue weighted by molar-refractivity contribution is 5.80. The van der Waals surface area contributed by atoms with Gasteiger partial charge in [0.2, 0.25) is 0 Å². The highest BCUT2D eigenvalue weighted by atomic mass is 16.5. The van der Waals surface area contributed by atoms with Crippen molar-refractivity contribution >= 4 is 5.96 Å². The molecule has 1 unspecified atom stereocenters. The van der Waals surface area contributed by atoms with Crippen LogP contribution in [0.2, 0.25) is 0 Å². The molecule has 0 bridgehead atoms. The third-order valence-corrected chi connectivity index (χ3v) is 7.13. The Morgan fingerprint density at radius 3 is 2.57 bits per heavy atom. The van der Waals surface area contributed by atoms with Crippen LogP contribution in [0.15, 0.2) is 29.3 Å². The largest absolute Gasteiger partial charge is 0.497 e. The van der Waals surface area contributed by atoms with Gasteiger partial charge in [-0.05, 0) is 69.8 Å². The lowest BCUT2D eigenvalue weighted by Gasteiger charge is -2.43. The van der Waals surface area contributed by atoms with Crippen molar-refractivity contribution in [3.8, 4) is 5.75 Å². The molecule has 0 aliphatic carbocycles. The van der Waals surface area contributed by atoms with Crippen molar-refractivity contribution < 1.29 is 9.47 Å². The number of ether oxygens (including phenoxy) is 2. The normalized spacial score (nSPS) is 24.9. The number of rotatable bonds is 6. The van der Waals surface area contributed by atoms with Crippen molar-refractivity contribution in [2.75, 3.05) is 59.6 Å². The summed E-state index contributed by atoms with van der Waals surface area (Å²) in [6, 6.07) is 8.56. The molecular weight excluding hydrogens is 376 g/mol. The van der Waals surface area contributed by atoms with E-state index in [9.17, 15) is 0 Å². The van der Waals surface area contributed by atoms with Crippen molar-refractivity contribution in [2.24, 2.45) is 4.99 Å². The second-order valence-corrected chi connectivity index (χ2v) is 8.91. The molecule has 3 saturated heterocycles. The van der Waals surface area contributed by atoms with Crippen LogP contribution in [0.5, 0.6) is 5.75 Å². The van der Waals surface area contributed by atoms with E-state index < -0.39 is 0 Å². The summed E-state index contributed by atoms with van der Waals surface area (Å²) in [5.41, 5.74) is 1.58. The predicted octanol–water partition coefficient (Wildman–Crippen LogP) is 3.10. The average molecular weight is 415 g/mol. The quantitative estimate of drug-likeness (QED) is 0.573. The average Bonchev–Trinajstić information content (AvgIpc) is 3.50. The molecule has 1 aromatic carbocycles. The highest BCUT2D eigenvalue weighted by Crippen LogP contribution is 2.32. The number of methoxy groups -OCH3 is 1. The Morgan fingerprint density at radius 2 is 1.90 bits per heavy atom. The minimum atomic E-state index is 0.185. The summed E-state index contributed by atoms with van der Waals surface area (Å²) in [5.74, 6) is 2.56. The summed E-state index contributed by atoms with van der Waals surface area (Å²) in [5, 5.41) is 3.57. The molecule has 1 N–H and O–H groups in total. The number of aliphatic imine (C=N–C) groups is 1. The molecule has 0 radical (unpaired) electrons. The summed E-state index contributed by atoms with van der Waals surface area (Å²) in [6.45, 7) is 10.2. The van der Waals surface area contributed by atoms with Crippen LogP contribution in [0, 0.1) is 0 Å². The Labute approximate surface area is 181 Å². The van der Waals surface area contributed by atoms with Crippen molar-refractivity contribution in [2.45, 2.75) is 50.5 Å². The fourth-order valence-corrected chi connectivity index (χ4v) is 5.27. The first kappa shape index (κ1) is 21.4. The molecule has 3 aliphatic rings. The van der Waals surface area contributed by atoms with Crippen molar-refractivity contribution in [3.63, 3.8) is 0 Å². The van der Waals surface area contributed by atoms with Gasteiger partial charge in [-0.2, -0.15) is 0 Å². The van der Waals surface area contributed by atoms with Gasteiger partial charge in [-0.1, -0.05) is 12.1 Å². The molecule has 3 heterocycles. The summed E-state index contributed by atoms with van der Waals surface area (Å²) < 4.78 is 11.0. The lowest BCUT2D eigenvalue weighted by molar-refractivity contribution is -0.0139. The monoisotopic (exact) mass is 414 g/mol. The van der Waals surface area contributed by atoms with Crippen LogP contribution in [-0.2, 0) is 4.74 Å². The van der Waals surface area contributed by atoms with Gasteiger partial charge in [-0.15, -0.1) is 0 Å². The van der Waals surface area contributed by atoms with E-state index in [1.807, 2.05) is 0 Å². The number of benzene rings is 1. The Balaban J connectivity index is 1.45. The molecule has 1 atom stereocenters. The summed E-state index contributed by atoms with van der Waals surface area (Å²) >= 11 is 0. The van der Waals surface area contributed by atoms with Gasteiger partial charge in [-0.3, -0.25) is 9.89 Å². The number of guanidine groups is 1. The molecule has 4 rings (SSSR count). The Hall–Kier alpha value is -1.79. The van der Waals surface area contributed by atoms with Crippen molar-refractivity contribution in [1.82, 2.24) is 15.1 Å². The zero-order chi connectivity index (χ0) is 20.8. The van der Waals surface area contributed by atoms with Gasteiger partial charge in [-0.25, -0.2) is 0 Å². The van der Waals surface area contributed by atoms with Crippen molar-refractivity contribution in [1.29, 1.82) is 0 Å². The fourth-order valence-electron chi connectivity index (χ4n) is 5.27. The first-order valence-electron chi connectivity index (χ1n) is 11.7. The van der Waals surface area contributed by atoms with E-state index >= 15 is 0 Å². The van der Waals surface area contributed by atoms with Gasteiger partial charge >= 0.3 is 0 Å². The Morgan fingerprint density at radius 1 is 1.17 bits per heavy atom. The number of likely N-dealkylation sites (tertiary alicyclic amines) is 2. The molecule has 166 valence electrons. The van der Waals surface area contributed by atoms with Crippen LogP contribution in [0.4, 0.5) is 0 Å². The van der Waals surface area contributed by atoms with Gasteiger partial charge in [0.15, 0.2) is 5.96 Å². The Bertz CT molecular complexity index is 694. The molecule has 0 spiro atoms. The number of hydrogen-bond acceptors (Lipinski definition) is 4. The maximum absolute atomic E-state index is 5.71. The van der Waals surface area contributed by atoms with Gasteiger partial charge in [0.05, 0.1) is 13.7 Å². The predicted molar refractivity (Wildman–Crippen MR) is 121 cm³/mol. The van der Waals surface area contributed by atoms with Crippen molar-refractivity contribution in [3.05, 3.63) is 29.8 Å². The lowest BCUT2D eigenvalue weighted by atomic mass is 9.88. The summed E-state index contributed by atoms with van der Waals surface area (Å²) in [4.78, 5) is 10.4. The molecule has 6 nitrogen and oxygen atoms in total. The third kappa shape index (κ3) is 4.75. The third-order valence-electron chi connectivity index (χ3n) is 7.13. The first-order chi connectivity index (χ1) is 14.7. The lowest BCUT2D eigenvalue weighted by Crippen LogP contribution is -2.54. The van der Waals surface area contributed by atoms with Gasteiger partial charge in [0.1, 0.15) is 5.75 Å². The maximum atomic E-state index is 5.71. The SMILES string of the molecule is CCNC(=NCC1(N2CCCC2)CCOCC1)N1CCC(c2ccc(OC)cc2)C1. The minimum absolute atomic E-state index is 0.185. The van der Waals surface area contributed by atoms with Crippen LogP contribution in [0.25, 0.3) is 0 Å². The molecule has 0 amide bonds. The number of nitrogens with one attached hydrogen (secondary N) is 1. The van der Waals surface area contributed by atoms with Crippen LogP contribution < -0.4 is 10.1 Å². The standard InChI is InChI=1S/C24H38N4O2/c1-3-25-23(26-19-24(11-16-30-17-12-24)28-13-4-5-14-28)27-15-10-21(18-27)20-6-8-22(29-2)9-7-20/h6-9,21H,3-5,10-19H2,1-2H3,(H,25,26). The molecule has 6 heteroatoms. The number of hydrogen-bond donors (Lipinski definition) is 1. The molecule has 1 aromatic rings.